The van der Waals surface area contributed by atoms with Crippen molar-refractivity contribution in [3.63, 3.8) is 0 Å². The monoisotopic (exact) mass is 298 g/mol. The van der Waals surface area contributed by atoms with Crippen molar-refractivity contribution in [1.29, 1.82) is 0 Å². The number of sulfonamides is 1. The van der Waals surface area contributed by atoms with E-state index in [0.29, 0.717) is 5.69 Å². The maximum absolute atomic E-state index is 11.3. The second-order valence-corrected chi connectivity index (χ2v) is 7.01. The predicted molar refractivity (Wildman–Crippen MR) is 75.3 cm³/mol. The van der Waals surface area contributed by atoms with Crippen LogP contribution in [0.2, 0.25) is 0 Å². The molecule has 1 saturated carbocycles. The lowest BCUT2D eigenvalue weighted by molar-refractivity contribution is 0.0697. The molecule has 6 nitrogen and oxygen atoms in total. The Bertz CT molecular complexity index is 634. The maximum Gasteiger partial charge on any atom is 0.337 e. The summed E-state index contributed by atoms with van der Waals surface area (Å²) in [5.41, 5.74) is 0.201. The first-order chi connectivity index (χ1) is 9.21. The normalized spacial score (nSPS) is 17.9. The van der Waals surface area contributed by atoms with Gasteiger partial charge in [0.15, 0.2) is 0 Å². The van der Waals surface area contributed by atoms with Gasteiger partial charge in [0.1, 0.15) is 0 Å². The van der Waals surface area contributed by atoms with E-state index in [-0.39, 0.29) is 16.0 Å². The Balaban J connectivity index is 2.40. The summed E-state index contributed by atoms with van der Waals surface area (Å²) < 4.78 is 22.6. The van der Waals surface area contributed by atoms with Crippen molar-refractivity contribution in [2.24, 2.45) is 5.14 Å². The van der Waals surface area contributed by atoms with Gasteiger partial charge >= 0.3 is 5.97 Å². The van der Waals surface area contributed by atoms with Crippen LogP contribution in [-0.2, 0) is 10.0 Å². The summed E-state index contributed by atoms with van der Waals surface area (Å²) in [6, 6.07) is 3.88. The molecular formula is C13H18N2O4S. The molecule has 110 valence electrons. The predicted octanol–water partition coefficient (Wildman–Crippen LogP) is 1.78. The van der Waals surface area contributed by atoms with Gasteiger partial charge in [-0.15, -0.1) is 0 Å². The van der Waals surface area contributed by atoms with Gasteiger partial charge in [-0.25, -0.2) is 18.4 Å². The van der Waals surface area contributed by atoms with E-state index in [1.807, 2.05) is 6.92 Å². The van der Waals surface area contributed by atoms with Crippen LogP contribution in [0, 0.1) is 0 Å². The number of primary sulfonamides is 1. The fourth-order valence-corrected chi connectivity index (χ4v) is 3.13. The first kappa shape index (κ1) is 14.8. The van der Waals surface area contributed by atoms with Crippen LogP contribution in [0.15, 0.2) is 23.1 Å². The number of carbonyl (C=O) groups is 1. The van der Waals surface area contributed by atoms with E-state index in [1.54, 1.807) is 0 Å². The van der Waals surface area contributed by atoms with Crippen molar-refractivity contribution in [1.82, 2.24) is 0 Å². The van der Waals surface area contributed by atoms with Gasteiger partial charge in [0.05, 0.1) is 10.5 Å². The molecular weight excluding hydrogens is 280 g/mol. The van der Waals surface area contributed by atoms with Crippen molar-refractivity contribution >= 4 is 21.7 Å². The number of hydrogen-bond acceptors (Lipinski definition) is 4. The van der Waals surface area contributed by atoms with Crippen molar-refractivity contribution in [2.75, 3.05) is 5.32 Å². The third-order valence-corrected chi connectivity index (χ3v) is 4.60. The van der Waals surface area contributed by atoms with Crippen LogP contribution < -0.4 is 10.5 Å². The lowest BCUT2D eigenvalue weighted by Gasteiger charge is -2.27. The Hall–Kier alpha value is -1.60. The summed E-state index contributed by atoms with van der Waals surface area (Å²) in [6.07, 6.45) is 4.12. The number of rotatable bonds is 4. The standard InChI is InChI=1S/C13H18N2O4S/c1-13(6-2-3-7-13)15-11-5-4-9(20(14,18)19)8-10(11)12(16)17/h4-5,8,15H,2-3,6-7H2,1H3,(H,16,17)(H2,14,18,19). The minimum atomic E-state index is -3.91. The number of hydrogen-bond donors (Lipinski definition) is 3. The molecule has 0 aromatic heterocycles. The fourth-order valence-electron chi connectivity index (χ4n) is 2.59. The molecule has 0 unspecified atom stereocenters. The van der Waals surface area contributed by atoms with Crippen LogP contribution in [0.1, 0.15) is 43.0 Å². The molecule has 0 aliphatic heterocycles. The van der Waals surface area contributed by atoms with Gasteiger partial charge in [-0.3, -0.25) is 0 Å². The van der Waals surface area contributed by atoms with Crippen LogP contribution in [0.5, 0.6) is 0 Å². The van der Waals surface area contributed by atoms with E-state index in [0.717, 1.165) is 31.7 Å². The molecule has 0 radical (unpaired) electrons. The van der Waals surface area contributed by atoms with Crippen LogP contribution in [0.4, 0.5) is 5.69 Å². The Morgan fingerprint density at radius 2 is 1.95 bits per heavy atom. The highest BCUT2D eigenvalue weighted by Gasteiger charge is 2.29. The number of aromatic carboxylic acids is 1. The molecule has 1 fully saturated rings. The molecule has 1 aromatic carbocycles. The van der Waals surface area contributed by atoms with E-state index >= 15 is 0 Å². The van der Waals surface area contributed by atoms with Gasteiger partial charge in [-0.2, -0.15) is 0 Å². The largest absolute Gasteiger partial charge is 0.478 e. The van der Waals surface area contributed by atoms with Gasteiger partial charge in [0, 0.05) is 11.2 Å². The third kappa shape index (κ3) is 3.10. The molecule has 0 heterocycles. The summed E-state index contributed by atoms with van der Waals surface area (Å²) in [7, 11) is -3.91. The zero-order chi connectivity index (χ0) is 15.0. The minimum Gasteiger partial charge on any atom is -0.478 e. The number of anilines is 1. The average Bonchev–Trinajstić information content (AvgIpc) is 2.74. The lowest BCUT2D eigenvalue weighted by atomic mass is 9.99. The van der Waals surface area contributed by atoms with Gasteiger partial charge in [-0.1, -0.05) is 12.8 Å². The fraction of sp³-hybridized carbons (Fsp3) is 0.462. The van der Waals surface area contributed by atoms with E-state index in [1.165, 1.54) is 12.1 Å². The van der Waals surface area contributed by atoms with Crippen molar-refractivity contribution in [3.05, 3.63) is 23.8 Å². The Morgan fingerprint density at radius 1 is 1.35 bits per heavy atom. The van der Waals surface area contributed by atoms with Gasteiger partial charge in [0.2, 0.25) is 10.0 Å². The number of benzene rings is 1. The second kappa shape index (κ2) is 5.06. The minimum absolute atomic E-state index is 0.0790. The number of carboxylic acids is 1. The van der Waals surface area contributed by atoms with Crippen LogP contribution in [-0.4, -0.2) is 25.0 Å². The number of nitrogens with two attached hydrogens (primary N) is 1. The van der Waals surface area contributed by atoms with Crippen molar-refractivity contribution < 1.29 is 18.3 Å². The van der Waals surface area contributed by atoms with Crippen molar-refractivity contribution in [2.45, 2.75) is 43.0 Å². The summed E-state index contributed by atoms with van der Waals surface area (Å²) in [4.78, 5) is 11.1. The Morgan fingerprint density at radius 3 is 2.45 bits per heavy atom. The molecule has 1 aromatic rings. The smallest absolute Gasteiger partial charge is 0.337 e. The summed E-state index contributed by atoms with van der Waals surface area (Å²) in [6.45, 7) is 2.04. The average molecular weight is 298 g/mol. The Kier molecular flexibility index (Phi) is 3.75. The molecule has 0 atom stereocenters. The second-order valence-electron chi connectivity index (χ2n) is 5.45. The van der Waals surface area contributed by atoms with Crippen LogP contribution in [0.25, 0.3) is 0 Å². The number of nitrogens with one attached hydrogen (secondary N) is 1. The SMILES string of the molecule is CC1(Nc2ccc(S(N)(=O)=O)cc2C(=O)O)CCCC1. The third-order valence-electron chi connectivity index (χ3n) is 3.69. The van der Waals surface area contributed by atoms with Gasteiger partial charge in [0.25, 0.3) is 0 Å². The molecule has 0 spiro atoms. The molecule has 1 aliphatic rings. The summed E-state index contributed by atoms with van der Waals surface area (Å²) in [5, 5.41) is 17.5. The Labute approximate surface area is 118 Å². The zero-order valence-corrected chi connectivity index (χ0v) is 12.0. The number of carboxylic acid groups (broad SMARTS) is 1. The maximum atomic E-state index is 11.3. The van der Waals surface area contributed by atoms with E-state index in [4.69, 9.17) is 5.14 Å². The molecule has 2 rings (SSSR count). The highest BCUT2D eigenvalue weighted by molar-refractivity contribution is 7.89. The van der Waals surface area contributed by atoms with E-state index < -0.39 is 16.0 Å². The molecule has 0 saturated heterocycles. The first-order valence-electron chi connectivity index (χ1n) is 6.40. The summed E-state index contributed by atoms with van der Waals surface area (Å²) >= 11 is 0. The van der Waals surface area contributed by atoms with E-state index in [9.17, 15) is 18.3 Å². The highest BCUT2D eigenvalue weighted by Crippen LogP contribution is 2.34. The van der Waals surface area contributed by atoms with Gasteiger partial charge in [-0.05, 0) is 38.0 Å². The molecule has 7 heteroatoms. The first-order valence-corrected chi connectivity index (χ1v) is 7.94. The van der Waals surface area contributed by atoms with Crippen LogP contribution >= 0.6 is 0 Å². The molecule has 4 N–H and O–H groups in total. The molecule has 0 amide bonds. The quantitative estimate of drug-likeness (QED) is 0.785. The highest BCUT2D eigenvalue weighted by atomic mass is 32.2. The van der Waals surface area contributed by atoms with Crippen molar-refractivity contribution in [3.8, 4) is 0 Å². The lowest BCUT2D eigenvalue weighted by Crippen LogP contribution is -2.31. The molecule has 20 heavy (non-hydrogen) atoms. The molecule has 0 bridgehead atoms. The molecule has 1 aliphatic carbocycles. The van der Waals surface area contributed by atoms with Crippen LogP contribution in [0.3, 0.4) is 0 Å². The van der Waals surface area contributed by atoms with Gasteiger partial charge < -0.3 is 10.4 Å². The van der Waals surface area contributed by atoms with E-state index in [2.05, 4.69) is 5.32 Å². The summed E-state index contributed by atoms with van der Waals surface area (Å²) in [5.74, 6) is -1.18. The zero-order valence-electron chi connectivity index (χ0n) is 11.2. The topological polar surface area (TPSA) is 109 Å².